The van der Waals surface area contributed by atoms with E-state index in [0.717, 1.165) is 0 Å². The summed E-state index contributed by atoms with van der Waals surface area (Å²) in [7, 11) is -0.551. The molecule has 0 unspecified atom stereocenters. The fourth-order valence-corrected chi connectivity index (χ4v) is 3.33. The lowest BCUT2D eigenvalue weighted by atomic mass is 10.3. The number of hydrogen-bond acceptors (Lipinski definition) is 4. The number of aryl methyl sites for hydroxylation is 1. The predicted molar refractivity (Wildman–Crippen MR) is 74.4 cm³/mol. The van der Waals surface area contributed by atoms with Gasteiger partial charge in [-0.25, -0.2) is 8.42 Å². The predicted octanol–water partition coefficient (Wildman–Crippen LogP) is 1.14. The van der Waals surface area contributed by atoms with Crippen molar-refractivity contribution < 1.29 is 8.42 Å². The van der Waals surface area contributed by atoms with Crippen LogP contribution in [0, 0.1) is 6.92 Å². The average Bonchev–Trinajstić information content (AvgIpc) is 2.63. The number of nitrogens with two attached hydrogens (primary N) is 1. The van der Waals surface area contributed by atoms with Gasteiger partial charge in [0.2, 0.25) is 0 Å². The second-order valence-electron chi connectivity index (χ2n) is 4.23. The van der Waals surface area contributed by atoms with Gasteiger partial charge in [-0.1, -0.05) is 18.2 Å². The van der Waals surface area contributed by atoms with E-state index in [1.807, 2.05) is 6.07 Å². The highest BCUT2D eigenvalue weighted by atomic mass is 32.2. The van der Waals surface area contributed by atoms with Crippen molar-refractivity contribution >= 4 is 21.5 Å². The van der Waals surface area contributed by atoms with Gasteiger partial charge in [-0.2, -0.15) is 5.10 Å². The Hall–Kier alpha value is -2.02. The first-order valence-corrected chi connectivity index (χ1v) is 7.12. The third-order valence-corrected chi connectivity index (χ3v) is 5.00. The third-order valence-electron chi connectivity index (χ3n) is 3.04. The molecule has 0 aliphatic carbocycles. The van der Waals surface area contributed by atoms with E-state index in [1.165, 1.54) is 16.0 Å². The van der Waals surface area contributed by atoms with Crippen LogP contribution in [-0.2, 0) is 17.1 Å². The SMILES string of the molecule is Cc1c(S(=O)(=O)N(C)c2ccccc2)c(N)nn1C. The molecule has 2 rings (SSSR count). The van der Waals surface area contributed by atoms with Gasteiger partial charge in [0.1, 0.15) is 0 Å². The van der Waals surface area contributed by atoms with E-state index in [-0.39, 0.29) is 10.7 Å². The lowest BCUT2D eigenvalue weighted by molar-refractivity contribution is 0.593. The molecule has 7 heteroatoms. The minimum Gasteiger partial charge on any atom is -0.381 e. The van der Waals surface area contributed by atoms with Gasteiger partial charge < -0.3 is 5.73 Å². The van der Waals surface area contributed by atoms with Crippen molar-refractivity contribution in [1.82, 2.24) is 9.78 Å². The Bertz CT molecular complexity index is 692. The molecule has 0 spiro atoms. The molecule has 0 radical (unpaired) electrons. The van der Waals surface area contributed by atoms with Crippen LogP contribution in [0.2, 0.25) is 0 Å². The molecule has 0 fully saturated rings. The molecule has 1 aromatic carbocycles. The van der Waals surface area contributed by atoms with Crippen LogP contribution in [-0.4, -0.2) is 25.2 Å². The summed E-state index contributed by atoms with van der Waals surface area (Å²) in [6, 6.07) is 8.83. The number of benzene rings is 1. The van der Waals surface area contributed by atoms with Crippen LogP contribution in [0.15, 0.2) is 35.2 Å². The second-order valence-corrected chi connectivity index (χ2v) is 6.14. The second kappa shape index (κ2) is 4.58. The topological polar surface area (TPSA) is 81.2 Å². The van der Waals surface area contributed by atoms with Crippen LogP contribution in [0.5, 0.6) is 0 Å². The number of aromatic nitrogens is 2. The molecule has 2 aromatic rings. The summed E-state index contributed by atoms with van der Waals surface area (Å²) < 4.78 is 27.8. The highest BCUT2D eigenvalue weighted by molar-refractivity contribution is 7.93. The molecule has 19 heavy (non-hydrogen) atoms. The molecular formula is C12H16N4O2S. The van der Waals surface area contributed by atoms with Gasteiger partial charge in [-0.15, -0.1) is 0 Å². The van der Waals surface area contributed by atoms with Gasteiger partial charge in [-0.3, -0.25) is 8.99 Å². The average molecular weight is 280 g/mol. The Morgan fingerprint density at radius 2 is 1.84 bits per heavy atom. The zero-order chi connectivity index (χ0) is 14.2. The molecule has 0 amide bonds. The molecule has 0 aliphatic heterocycles. The summed E-state index contributed by atoms with van der Waals surface area (Å²) in [5.41, 5.74) is 6.79. The maximum Gasteiger partial charge on any atom is 0.269 e. The Labute approximate surface area is 112 Å². The van der Waals surface area contributed by atoms with Gasteiger partial charge >= 0.3 is 0 Å². The van der Waals surface area contributed by atoms with E-state index in [9.17, 15) is 8.42 Å². The zero-order valence-electron chi connectivity index (χ0n) is 11.0. The maximum atomic E-state index is 12.6. The van der Waals surface area contributed by atoms with Crippen LogP contribution in [0.3, 0.4) is 0 Å². The fraction of sp³-hybridized carbons (Fsp3) is 0.250. The number of nitrogen functional groups attached to an aromatic ring is 1. The molecule has 102 valence electrons. The maximum absolute atomic E-state index is 12.6. The number of hydrogen-bond donors (Lipinski definition) is 1. The van der Waals surface area contributed by atoms with Gasteiger partial charge in [0.25, 0.3) is 10.0 Å². The lowest BCUT2D eigenvalue weighted by Gasteiger charge is -2.19. The molecule has 0 bridgehead atoms. The Balaban J connectivity index is 2.55. The molecule has 0 aliphatic rings. The van der Waals surface area contributed by atoms with Crippen LogP contribution < -0.4 is 10.0 Å². The van der Waals surface area contributed by atoms with Crippen molar-refractivity contribution in [3.8, 4) is 0 Å². The molecule has 1 aromatic heterocycles. The van der Waals surface area contributed by atoms with Crippen molar-refractivity contribution in [2.75, 3.05) is 17.1 Å². The summed E-state index contributed by atoms with van der Waals surface area (Å²) in [4.78, 5) is 0.0568. The highest BCUT2D eigenvalue weighted by Crippen LogP contribution is 2.27. The van der Waals surface area contributed by atoms with Crippen LogP contribution in [0.25, 0.3) is 0 Å². The van der Waals surface area contributed by atoms with Crippen molar-refractivity contribution in [1.29, 1.82) is 0 Å². The first-order valence-electron chi connectivity index (χ1n) is 5.68. The standard InChI is InChI=1S/C12H16N4O2S/c1-9-11(12(13)14-15(9)2)19(17,18)16(3)10-7-5-4-6-8-10/h4-8H,1-3H3,(H2,13,14). The molecule has 0 saturated heterocycles. The lowest BCUT2D eigenvalue weighted by Crippen LogP contribution is -2.27. The van der Waals surface area contributed by atoms with Crippen molar-refractivity contribution in [3.63, 3.8) is 0 Å². The summed E-state index contributed by atoms with van der Waals surface area (Å²) in [6.07, 6.45) is 0. The fourth-order valence-electron chi connectivity index (χ4n) is 1.85. The third kappa shape index (κ3) is 2.17. The smallest absolute Gasteiger partial charge is 0.269 e. The molecule has 2 N–H and O–H groups in total. The van der Waals surface area contributed by atoms with Gasteiger partial charge in [0, 0.05) is 14.1 Å². The van der Waals surface area contributed by atoms with Crippen LogP contribution in [0.1, 0.15) is 5.69 Å². The van der Waals surface area contributed by atoms with Crippen molar-refractivity contribution in [2.45, 2.75) is 11.8 Å². The first-order chi connectivity index (χ1) is 8.85. The Kier molecular flexibility index (Phi) is 3.23. The molecular weight excluding hydrogens is 264 g/mol. The van der Waals surface area contributed by atoms with Gasteiger partial charge in [0.15, 0.2) is 10.7 Å². The van der Waals surface area contributed by atoms with Crippen LogP contribution in [0.4, 0.5) is 11.5 Å². The Morgan fingerprint density at radius 1 is 1.26 bits per heavy atom. The van der Waals surface area contributed by atoms with E-state index in [2.05, 4.69) is 5.10 Å². The minimum atomic E-state index is -3.71. The number of rotatable bonds is 3. The van der Waals surface area contributed by atoms with Gasteiger partial charge in [-0.05, 0) is 19.1 Å². The zero-order valence-corrected chi connectivity index (χ0v) is 11.8. The van der Waals surface area contributed by atoms with E-state index in [1.54, 1.807) is 38.2 Å². The molecule has 0 saturated carbocycles. The molecule has 1 heterocycles. The number of anilines is 2. The van der Waals surface area contributed by atoms with E-state index in [0.29, 0.717) is 11.4 Å². The van der Waals surface area contributed by atoms with E-state index >= 15 is 0 Å². The molecule has 0 atom stereocenters. The summed E-state index contributed by atoms with van der Waals surface area (Å²) in [6.45, 7) is 1.68. The highest BCUT2D eigenvalue weighted by Gasteiger charge is 2.29. The minimum absolute atomic E-state index is 0.0165. The van der Waals surface area contributed by atoms with E-state index < -0.39 is 10.0 Å². The largest absolute Gasteiger partial charge is 0.381 e. The van der Waals surface area contributed by atoms with Crippen LogP contribution >= 0.6 is 0 Å². The summed E-state index contributed by atoms with van der Waals surface area (Å²) in [5, 5.41) is 3.94. The van der Waals surface area contributed by atoms with E-state index in [4.69, 9.17) is 5.73 Å². The van der Waals surface area contributed by atoms with Crippen molar-refractivity contribution in [3.05, 3.63) is 36.0 Å². The Morgan fingerprint density at radius 3 is 2.32 bits per heavy atom. The molecule has 6 nitrogen and oxygen atoms in total. The first kappa shape index (κ1) is 13.4. The quantitative estimate of drug-likeness (QED) is 0.914. The number of nitrogens with zero attached hydrogens (tertiary/aromatic N) is 3. The van der Waals surface area contributed by atoms with Gasteiger partial charge in [0.05, 0.1) is 11.4 Å². The number of sulfonamides is 1. The summed E-state index contributed by atoms with van der Waals surface area (Å²) in [5.74, 6) is 0.0165. The monoisotopic (exact) mass is 280 g/mol. The number of para-hydroxylation sites is 1. The summed E-state index contributed by atoms with van der Waals surface area (Å²) >= 11 is 0. The normalized spacial score (nSPS) is 11.5. The van der Waals surface area contributed by atoms with Crippen molar-refractivity contribution in [2.24, 2.45) is 7.05 Å².